The Kier molecular flexibility index (Phi) is 7.83. The van der Waals surface area contributed by atoms with Crippen molar-refractivity contribution < 1.29 is 14.9 Å². The average molecular weight is 163 g/mol. The largest absolute Gasteiger partial charge is 0.394 e. The molecular formula is C7H17NO3. The van der Waals surface area contributed by atoms with Crippen LogP contribution in [-0.2, 0) is 4.74 Å². The molecule has 0 aliphatic rings. The van der Waals surface area contributed by atoms with E-state index in [0.717, 1.165) is 19.6 Å². The predicted molar refractivity (Wildman–Crippen MR) is 42.5 cm³/mol. The Labute approximate surface area is 67.2 Å². The fourth-order valence-corrected chi connectivity index (χ4v) is 0.675. The third-order valence-electron chi connectivity index (χ3n) is 1.29. The average Bonchev–Trinajstić information content (AvgIpc) is 2.04. The van der Waals surface area contributed by atoms with E-state index in [-0.39, 0.29) is 6.61 Å². The molecule has 3 N–H and O–H groups in total. The normalized spacial score (nSPS) is 13.4. The van der Waals surface area contributed by atoms with Gasteiger partial charge >= 0.3 is 0 Å². The summed E-state index contributed by atoms with van der Waals surface area (Å²) in [5.74, 6) is 0. The zero-order valence-electron chi connectivity index (χ0n) is 6.92. The molecule has 0 aliphatic carbocycles. The van der Waals surface area contributed by atoms with Gasteiger partial charge in [0.1, 0.15) is 0 Å². The maximum Gasteiger partial charge on any atom is 0.0894 e. The quantitative estimate of drug-likeness (QED) is 0.420. The first-order valence-electron chi connectivity index (χ1n) is 3.79. The lowest BCUT2D eigenvalue weighted by atomic mass is 10.3. The third kappa shape index (κ3) is 7.74. The van der Waals surface area contributed by atoms with Gasteiger partial charge in [0.05, 0.1) is 12.7 Å². The summed E-state index contributed by atoms with van der Waals surface area (Å²) in [6.45, 7) is 1.80. The second-order valence-corrected chi connectivity index (χ2v) is 2.39. The summed E-state index contributed by atoms with van der Waals surface area (Å²) < 4.78 is 4.82. The highest BCUT2D eigenvalue weighted by molar-refractivity contribution is 4.56. The van der Waals surface area contributed by atoms with E-state index in [0.29, 0.717) is 6.54 Å². The van der Waals surface area contributed by atoms with Crippen LogP contribution in [-0.4, -0.2) is 49.7 Å². The molecule has 0 unspecified atom stereocenters. The minimum atomic E-state index is -0.641. The maximum absolute atomic E-state index is 8.87. The third-order valence-corrected chi connectivity index (χ3v) is 1.29. The molecule has 0 aromatic carbocycles. The second kappa shape index (κ2) is 7.94. The molecule has 4 heteroatoms. The molecule has 4 nitrogen and oxygen atoms in total. The van der Waals surface area contributed by atoms with Crippen molar-refractivity contribution in [3.63, 3.8) is 0 Å². The van der Waals surface area contributed by atoms with Crippen LogP contribution in [0, 0.1) is 0 Å². The van der Waals surface area contributed by atoms with Crippen molar-refractivity contribution in [3.8, 4) is 0 Å². The van der Waals surface area contributed by atoms with Crippen molar-refractivity contribution in [1.29, 1.82) is 0 Å². The number of nitrogens with one attached hydrogen (secondary N) is 1. The standard InChI is InChI=1S/C7H17NO3/c1-11-4-2-3-8-5-7(10)6-9/h7-10H,2-6H2,1H3/t7-/m0/s1. The van der Waals surface area contributed by atoms with Crippen LogP contribution in [0.4, 0.5) is 0 Å². The van der Waals surface area contributed by atoms with E-state index < -0.39 is 6.10 Å². The van der Waals surface area contributed by atoms with Gasteiger partial charge in [0.25, 0.3) is 0 Å². The Bertz CT molecular complexity index is 80.1. The molecule has 0 saturated carbocycles. The molecule has 0 rings (SSSR count). The summed E-state index contributed by atoms with van der Waals surface area (Å²) in [4.78, 5) is 0. The molecule has 0 bridgehead atoms. The van der Waals surface area contributed by atoms with Crippen molar-refractivity contribution in [1.82, 2.24) is 5.32 Å². The topological polar surface area (TPSA) is 61.7 Å². The summed E-state index contributed by atoms with van der Waals surface area (Å²) >= 11 is 0. The first-order chi connectivity index (χ1) is 5.31. The molecule has 0 amide bonds. The highest BCUT2D eigenvalue weighted by Crippen LogP contribution is 1.79. The van der Waals surface area contributed by atoms with Crippen molar-refractivity contribution in [2.75, 3.05) is 33.4 Å². The number of rotatable bonds is 7. The van der Waals surface area contributed by atoms with E-state index in [1.807, 2.05) is 0 Å². The van der Waals surface area contributed by atoms with Crippen LogP contribution in [0.3, 0.4) is 0 Å². The Hall–Kier alpha value is -0.160. The van der Waals surface area contributed by atoms with E-state index >= 15 is 0 Å². The molecule has 0 spiro atoms. The van der Waals surface area contributed by atoms with E-state index in [2.05, 4.69) is 5.32 Å². The van der Waals surface area contributed by atoms with Crippen LogP contribution in [0.1, 0.15) is 6.42 Å². The molecule has 0 aromatic heterocycles. The summed E-state index contributed by atoms with van der Waals surface area (Å²) in [6.07, 6.45) is 0.284. The fourth-order valence-electron chi connectivity index (χ4n) is 0.675. The lowest BCUT2D eigenvalue weighted by molar-refractivity contribution is 0.0938. The highest BCUT2D eigenvalue weighted by Gasteiger charge is 1.98. The molecule has 0 saturated heterocycles. The van der Waals surface area contributed by atoms with Gasteiger partial charge in [-0.2, -0.15) is 0 Å². The van der Waals surface area contributed by atoms with Crippen LogP contribution >= 0.6 is 0 Å². The zero-order valence-corrected chi connectivity index (χ0v) is 6.92. The van der Waals surface area contributed by atoms with E-state index in [9.17, 15) is 0 Å². The van der Waals surface area contributed by atoms with Gasteiger partial charge in [-0.05, 0) is 13.0 Å². The lowest BCUT2D eigenvalue weighted by Gasteiger charge is -2.07. The Balaban J connectivity index is 2.89. The van der Waals surface area contributed by atoms with Gasteiger partial charge in [0, 0.05) is 20.3 Å². The van der Waals surface area contributed by atoms with Crippen molar-refractivity contribution in [2.24, 2.45) is 0 Å². The van der Waals surface area contributed by atoms with Gasteiger partial charge in [-0.3, -0.25) is 0 Å². The fraction of sp³-hybridized carbons (Fsp3) is 1.00. The molecule has 0 fully saturated rings. The van der Waals surface area contributed by atoms with Crippen LogP contribution in [0.15, 0.2) is 0 Å². The minimum absolute atomic E-state index is 0.183. The lowest BCUT2D eigenvalue weighted by Crippen LogP contribution is -2.30. The Morgan fingerprint density at radius 2 is 2.27 bits per heavy atom. The van der Waals surface area contributed by atoms with E-state index in [1.165, 1.54) is 0 Å². The van der Waals surface area contributed by atoms with Gasteiger partial charge in [0.2, 0.25) is 0 Å². The number of aliphatic hydroxyl groups is 2. The first kappa shape index (κ1) is 10.8. The van der Waals surface area contributed by atoms with E-state index in [1.54, 1.807) is 7.11 Å². The highest BCUT2D eigenvalue weighted by atomic mass is 16.5. The molecule has 0 aliphatic heterocycles. The molecule has 11 heavy (non-hydrogen) atoms. The Morgan fingerprint density at radius 1 is 1.55 bits per heavy atom. The Morgan fingerprint density at radius 3 is 2.82 bits per heavy atom. The first-order valence-corrected chi connectivity index (χ1v) is 3.79. The molecule has 1 atom stereocenters. The number of aliphatic hydroxyl groups excluding tert-OH is 2. The van der Waals surface area contributed by atoms with Crippen molar-refractivity contribution in [3.05, 3.63) is 0 Å². The monoisotopic (exact) mass is 163 g/mol. The molecule has 0 aromatic rings. The van der Waals surface area contributed by atoms with Crippen molar-refractivity contribution in [2.45, 2.75) is 12.5 Å². The number of hydrogen-bond acceptors (Lipinski definition) is 4. The van der Waals surface area contributed by atoms with Gasteiger partial charge in [-0.25, -0.2) is 0 Å². The summed E-state index contributed by atoms with van der Waals surface area (Å²) in [7, 11) is 1.66. The zero-order chi connectivity index (χ0) is 8.53. The molecule has 68 valence electrons. The maximum atomic E-state index is 8.87. The summed E-state index contributed by atoms with van der Waals surface area (Å²) in [5, 5.41) is 20.3. The molecular weight excluding hydrogens is 146 g/mol. The summed E-state index contributed by atoms with van der Waals surface area (Å²) in [5.41, 5.74) is 0. The van der Waals surface area contributed by atoms with Crippen molar-refractivity contribution >= 4 is 0 Å². The smallest absolute Gasteiger partial charge is 0.0894 e. The predicted octanol–water partition coefficient (Wildman–Crippen LogP) is -1.03. The molecule has 0 radical (unpaired) electrons. The van der Waals surface area contributed by atoms with Gasteiger partial charge in [-0.15, -0.1) is 0 Å². The number of methoxy groups -OCH3 is 1. The van der Waals surface area contributed by atoms with Crippen LogP contribution in [0.2, 0.25) is 0 Å². The van der Waals surface area contributed by atoms with Crippen LogP contribution in [0.25, 0.3) is 0 Å². The van der Waals surface area contributed by atoms with Gasteiger partial charge < -0.3 is 20.3 Å². The van der Waals surface area contributed by atoms with E-state index in [4.69, 9.17) is 14.9 Å². The molecule has 0 heterocycles. The number of hydrogen-bond donors (Lipinski definition) is 3. The summed E-state index contributed by atoms with van der Waals surface area (Å²) in [6, 6.07) is 0. The van der Waals surface area contributed by atoms with Crippen LogP contribution in [0.5, 0.6) is 0 Å². The SMILES string of the molecule is COCCCNC[C@H](O)CO. The van der Waals surface area contributed by atoms with Crippen LogP contribution < -0.4 is 5.32 Å². The minimum Gasteiger partial charge on any atom is -0.394 e. The number of ether oxygens (including phenoxy) is 1. The van der Waals surface area contributed by atoms with Gasteiger partial charge in [0.15, 0.2) is 0 Å². The van der Waals surface area contributed by atoms with Gasteiger partial charge in [-0.1, -0.05) is 0 Å². The second-order valence-electron chi connectivity index (χ2n) is 2.39.